The summed E-state index contributed by atoms with van der Waals surface area (Å²) in [5.74, 6) is 0.809. The number of hydrogen-bond donors (Lipinski definition) is 0. The molecule has 362 valence electrons. The molecule has 0 unspecified atom stereocenters. The molecule has 0 bridgehead atoms. The molecule has 0 aromatic heterocycles. The van der Waals surface area contributed by atoms with E-state index >= 15 is 0 Å². The number of benzene rings is 4. The Morgan fingerprint density at radius 3 is 0.554 bits per heavy atom. The van der Waals surface area contributed by atoms with Crippen LogP contribution in [-0.2, 0) is 46.7 Å². The predicted octanol–water partition coefficient (Wildman–Crippen LogP) is 16.2. The van der Waals surface area contributed by atoms with Crippen molar-refractivity contribution in [3.8, 4) is 23.0 Å². The standard InChI is InChI=1S/4C15H24O.Mo/c4*1-2-3-4-5-6-7-8-11-14-12-9-10-13-15(14)16;/h4*9-10,12-13,16H,2-8,11H2,1H3;/q;;;;+4/p-4. The number of hydrogen-bond acceptors (Lipinski definition) is 4. The van der Waals surface area contributed by atoms with E-state index in [4.69, 9.17) is 0 Å². The fourth-order valence-corrected chi connectivity index (χ4v) is 7.93. The molecule has 0 atom stereocenters. The van der Waals surface area contributed by atoms with Crippen molar-refractivity contribution < 1.29 is 41.5 Å². The van der Waals surface area contributed by atoms with Crippen LogP contribution in [0.3, 0.4) is 0 Å². The van der Waals surface area contributed by atoms with Crippen molar-refractivity contribution in [1.82, 2.24) is 0 Å². The van der Waals surface area contributed by atoms with Gasteiger partial charge in [0.05, 0.1) is 0 Å². The van der Waals surface area contributed by atoms with Gasteiger partial charge < -0.3 is 20.4 Å². The third-order valence-electron chi connectivity index (χ3n) is 12.1. The first-order chi connectivity index (χ1) is 31.4. The molecule has 0 spiro atoms. The average molecular weight is 973 g/mol. The Bertz CT molecular complexity index is 1370. The first kappa shape index (κ1) is 61.8. The van der Waals surface area contributed by atoms with Gasteiger partial charge in [-0.3, -0.25) is 0 Å². The van der Waals surface area contributed by atoms with Gasteiger partial charge in [0.25, 0.3) is 0 Å². The SMILES string of the molecule is CCCCCCCCCc1ccccc1[O-].CCCCCCCCCc1ccccc1[O-].CCCCCCCCCc1ccccc1[O-].CCCCCCCCCc1ccccc1[O-].[Mo+4]. The molecule has 4 aromatic rings. The van der Waals surface area contributed by atoms with E-state index in [-0.39, 0.29) is 44.1 Å². The molecule has 4 aromatic carbocycles. The molecule has 4 nitrogen and oxygen atoms in total. The van der Waals surface area contributed by atoms with Crippen LogP contribution < -0.4 is 20.4 Å². The van der Waals surface area contributed by atoms with Crippen molar-refractivity contribution >= 4 is 0 Å². The minimum atomic E-state index is 0. The summed E-state index contributed by atoms with van der Waals surface area (Å²) < 4.78 is 0. The van der Waals surface area contributed by atoms with Crippen LogP contribution >= 0.6 is 0 Å². The van der Waals surface area contributed by atoms with Crippen molar-refractivity contribution in [2.24, 2.45) is 0 Å². The zero-order chi connectivity index (χ0) is 46.6. The summed E-state index contributed by atoms with van der Waals surface area (Å²) in [6.07, 6.45) is 40.4. The minimum Gasteiger partial charge on any atom is -0.872 e. The number of para-hydroxylation sites is 4. The van der Waals surface area contributed by atoms with Gasteiger partial charge >= 0.3 is 21.1 Å². The third-order valence-corrected chi connectivity index (χ3v) is 12.1. The minimum absolute atomic E-state index is 0. The van der Waals surface area contributed by atoms with Gasteiger partial charge in [0.2, 0.25) is 0 Å². The van der Waals surface area contributed by atoms with Crippen LogP contribution in [0.2, 0.25) is 0 Å². The maximum Gasteiger partial charge on any atom is 4.00 e. The summed E-state index contributed by atoms with van der Waals surface area (Å²) in [4.78, 5) is 0. The summed E-state index contributed by atoms with van der Waals surface area (Å²) in [7, 11) is 0. The molecule has 0 fully saturated rings. The molecule has 0 radical (unpaired) electrons. The number of aryl methyl sites for hydroxylation is 4. The molecule has 0 N–H and O–H groups in total. The van der Waals surface area contributed by atoms with Gasteiger partial charge in [-0.25, -0.2) is 0 Å². The van der Waals surface area contributed by atoms with E-state index in [2.05, 4.69) is 27.7 Å². The van der Waals surface area contributed by atoms with E-state index < -0.39 is 0 Å². The second-order valence-corrected chi connectivity index (χ2v) is 17.9. The summed E-state index contributed by atoms with van der Waals surface area (Å²) >= 11 is 0. The number of rotatable bonds is 32. The molecule has 0 aliphatic rings. The van der Waals surface area contributed by atoms with E-state index in [9.17, 15) is 20.4 Å². The quantitative estimate of drug-likeness (QED) is 0.0360. The normalized spacial score (nSPS) is 10.4. The molecule has 4 rings (SSSR count). The molecule has 0 aliphatic carbocycles. The fraction of sp³-hybridized carbons (Fsp3) is 0.600. The smallest absolute Gasteiger partial charge is 0.872 e. The topological polar surface area (TPSA) is 92.2 Å². The Morgan fingerprint density at radius 1 is 0.231 bits per heavy atom. The van der Waals surface area contributed by atoms with Gasteiger partial charge in [-0.1, -0.05) is 301 Å². The molecule has 0 amide bonds. The molecule has 0 aliphatic heterocycles. The molecule has 0 heterocycles. The summed E-state index contributed by atoms with van der Waals surface area (Å²) in [6.45, 7) is 8.96. The summed E-state index contributed by atoms with van der Waals surface area (Å²) in [5, 5.41) is 45.7. The van der Waals surface area contributed by atoms with E-state index in [1.807, 2.05) is 72.8 Å². The molecule has 0 saturated heterocycles. The second kappa shape index (κ2) is 45.9. The molecular formula is C60H92MoO4. The van der Waals surface area contributed by atoms with E-state index in [0.29, 0.717) is 0 Å². The molecular weight excluding hydrogens is 881 g/mol. The Balaban J connectivity index is 0.000000836. The molecule has 0 saturated carbocycles. The predicted molar refractivity (Wildman–Crippen MR) is 270 cm³/mol. The zero-order valence-electron chi connectivity index (χ0n) is 41.9. The van der Waals surface area contributed by atoms with Crippen molar-refractivity contribution in [1.29, 1.82) is 0 Å². The van der Waals surface area contributed by atoms with Crippen LogP contribution in [0, 0.1) is 0 Å². The van der Waals surface area contributed by atoms with Crippen molar-refractivity contribution in [2.75, 3.05) is 0 Å². The number of unbranched alkanes of at least 4 members (excludes halogenated alkanes) is 24. The van der Waals surface area contributed by atoms with Crippen molar-refractivity contribution in [2.45, 2.75) is 233 Å². The van der Waals surface area contributed by atoms with Crippen LogP contribution in [0.1, 0.15) is 230 Å². The Kier molecular flexibility index (Phi) is 43.6. The van der Waals surface area contributed by atoms with Crippen LogP contribution in [0.5, 0.6) is 23.0 Å². The first-order valence-electron chi connectivity index (χ1n) is 26.4. The first-order valence-corrected chi connectivity index (χ1v) is 26.4. The van der Waals surface area contributed by atoms with Crippen molar-refractivity contribution in [3.05, 3.63) is 119 Å². The van der Waals surface area contributed by atoms with E-state index in [0.717, 1.165) is 73.6 Å². The largest absolute Gasteiger partial charge is 4.00 e. The van der Waals surface area contributed by atoms with Crippen LogP contribution in [0.25, 0.3) is 0 Å². The Morgan fingerprint density at radius 2 is 0.385 bits per heavy atom. The third kappa shape index (κ3) is 35.6. The van der Waals surface area contributed by atoms with Crippen LogP contribution in [-0.4, -0.2) is 0 Å². The summed E-state index contributed by atoms with van der Waals surface area (Å²) in [6, 6.07) is 29.6. The molecule has 65 heavy (non-hydrogen) atoms. The van der Waals surface area contributed by atoms with Gasteiger partial charge in [0, 0.05) is 0 Å². The van der Waals surface area contributed by atoms with E-state index in [1.165, 1.54) is 154 Å². The maximum atomic E-state index is 11.4. The fourth-order valence-electron chi connectivity index (χ4n) is 7.93. The van der Waals surface area contributed by atoms with E-state index in [1.54, 1.807) is 24.3 Å². The van der Waals surface area contributed by atoms with Gasteiger partial charge in [0.15, 0.2) is 0 Å². The average Bonchev–Trinajstić information content (AvgIpc) is 3.31. The maximum absolute atomic E-state index is 11.4. The van der Waals surface area contributed by atoms with Crippen molar-refractivity contribution in [3.63, 3.8) is 0 Å². The monoisotopic (exact) mass is 975 g/mol. The van der Waals surface area contributed by atoms with Crippen LogP contribution in [0.15, 0.2) is 97.1 Å². The van der Waals surface area contributed by atoms with Gasteiger partial charge in [-0.05, 0) is 51.4 Å². The molecule has 5 heteroatoms. The van der Waals surface area contributed by atoms with Gasteiger partial charge in [-0.2, -0.15) is 0 Å². The van der Waals surface area contributed by atoms with Gasteiger partial charge in [-0.15, -0.1) is 23.0 Å². The second-order valence-electron chi connectivity index (χ2n) is 17.9. The summed E-state index contributed by atoms with van der Waals surface area (Å²) in [5.41, 5.74) is 3.93. The van der Waals surface area contributed by atoms with Gasteiger partial charge in [0.1, 0.15) is 0 Å². The zero-order valence-corrected chi connectivity index (χ0v) is 43.9. The van der Waals surface area contributed by atoms with Crippen LogP contribution in [0.4, 0.5) is 0 Å². The Labute approximate surface area is 414 Å². The Hall–Kier alpha value is -3.23.